The van der Waals surface area contributed by atoms with E-state index >= 15 is 0 Å². The fourth-order valence-corrected chi connectivity index (χ4v) is 1.48. The van der Waals surface area contributed by atoms with Gasteiger partial charge in [-0.25, -0.2) is 0 Å². The van der Waals surface area contributed by atoms with Crippen molar-refractivity contribution < 1.29 is 0 Å². The van der Waals surface area contributed by atoms with E-state index in [2.05, 4.69) is 25.3 Å². The average Bonchev–Trinajstić information content (AvgIpc) is 2.89. The van der Waals surface area contributed by atoms with Crippen molar-refractivity contribution in [3.05, 3.63) is 24.0 Å². The van der Waals surface area contributed by atoms with Crippen molar-refractivity contribution in [1.29, 1.82) is 0 Å². The second kappa shape index (κ2) is 5.55. The van der Waals surface area contributed by atoms with Crippen molar-refractivity contribution in [2.75, 3.05) is 43.3 Å². The van der Waals surface area contributed by atoms with Crippen molar-refractivity contribution in [3.63, 3.8) is 0 Å². The molecule has 0 saturated carbocycles. The monoisotopic (exact) mass is 261 g/mol. The summed E-state index contributed by atoms with van der Waals surface area (Å²) in [7, 11) is 7.63. The molecule has 19 heavy (non-hydrogen) atoms. The molecule has 0 radical (unpaired) electrons. The number of H-pyrrole nitrogens is 1. The zero-order valence-electron chi connectivity index (χ0n) is 11.7. The summed E-state index contributed by atoms with van der Waals surface area (Å²) in [4.78, 5) is 19.9. The first kappa shape index (κ1) is 13.1. The van der Waals surface area contributed by atoms with Gasteiger partial charge in [0.15, 0.2) is 0 Å². The minimum Gasteiger partial charge on any atom is -0.364 e. The Morgan fingerprint density at radius 1 is 1.05 bits per heavy atom. The lowest BCUT2D eigenvalue weighted by atomic mass is 10.4. The third kappa shape index (κ3) is 3.34. The maximum absolute atomic E-state index is 4.37. The number of hydrogen-bond donors (Lipinski definition) is 2. The zero-order valence-corrected chi connectivity index (χ0v) is 11.7. The van der Waals surface area contributed by atoms with Gasteiger partial charge >= 0.3 is 0 Å². The van der Waals surface area contributed by atoms with Gasteiger partial charge in [0.2, 0.25) is 17.8 Å². The van der Waals surface area contributed by atoms with Crippen molar-refractivity contribution in [2.45, 2.75) is 6.54 Å². The first-order valence-corrected chi connectivity index (χ1v) is 6.03. The Labute approximate surface area is 112 Å². The van der Waals surface area contributed by atoms with E-state index in [-0.39, 0.29) is 0 Å². The van der Waals surface area contributed by atoms with Crippen LogP contribution in [0.4, 0.5) is 17.8 Å². The standard InChI is InChI=1S/C12H19N7/c1-18(2)11-15-10(16-12(17-11)19(3)4)14-8-9-6-5-7-13-9/h5-7,13H,8H2,1-4H3,(H,14,15,16,17). The van der Waals surface area contributed by atoms with Gasteiger partial charge in [-0.1, -0.05) is 0 Å². The molecule has 0 aliphatic carbocycles. The summed E-state index contributed by atoms with van der Waals surface area (Å²) in [5, 5.41) is 3.19. The van der Waals surface area contributed by atoms with Gasteiger partial charge in [0.05, 0.1) is 6.54 Å². The predicted octanol–water partition coefficient (Wildman–Crippen LogP) is 0.944. The minimum atomic E-state index is 0.567. The lowest BCUT2D eigenvalue weighted by molar-refractivity contribution is 0.903. The molecule has 0 bridgehead atoms. The molecule has 2 heterocycles. The third-order valence-electron chi connectivity index (χ3n) is 2.51. The molecule has 0 spiro atoms. The van der Waals surface area contributed by atoms with Gasteiger partial charge in [-0.2, -0.15) is 15.0 Å². The van der Waals surface area contributed by atoms with Crippen LogP contribution in [0.2, 0.25) is 0 Å². The SMILES string of the molecule is CN(C)c1nc(NCc2ccc[nH]2)nc(N(C)C)n1. The number of nitrogens with zero attached hydrogens (tertiary/aromatic N) is 5. The molecule has 2 rings (SSSR count). The first-order chi connectivity index (χ1) is 9.06. The van der Waals surface area contributed by atoms with Crippen LogP contribution in [0, 0.1) is 0 Å². The lowest BCUT2D eigenvalue weighted by Crippen LogP contribution is -2.20. The van der Waals surface area contributed by atoms with E-state index in [9.17, 15) is 0 Å². The van der Waals surface area contributed by atoms with Crippen LogP contribution in [-0.4, -0.2) is 48.1 Å². The molecule has 0 amide bonds. The Kier molecular flexibility index (Phi) is 3.84. The molecule has 7 nitrogen and oxygen atoms in total. The van der Waals surface area contributed by atoms with E-state index < -0.39 is 0 Å². The normalized spacial score (nSPS) is 10.3. The fourth-order valence-electron chi connectivity index (χ4n) is 1.48. The maximum Gasteiger partial charge on any atom is 0.231 e. The van der Waals surface area contributed by atoms with E-state index in [0.29, 0.717) is 24.4 Å². The molecule has 0 unspecified atom stereocenters. The summed E-state index contributed by atoms with van der Waals surface area (Å²) in [5.74, 6) is 1.83. The summed E-state index contributed by atoms with van der Waals surface area (Å²) in [6.07, 6.45) is 1.89. The minimum absolute atomic E-state index is 0.567. The number of nitrogens with one attached hydrogen (secondary N) is 2. The van der Waals surface area contributed by atoms with E-state index in [1.165, 1.54) is 0 Å². The Hall–Kier alpha value is -2.31. The molecule has 0 atom stereocenters. The molecule has 2 N–H and O–H groups in total. The topological polar surface area (TPSA) is 73.0 Å². The largest absolute Gasteiger partial charge is 0.364 e. The van der Waals surface area contributed by atoms with Crippen molar-refractivity contribution in [1.82, 2.24) is 19.9 Å². The molecule has 0 aliphatic rings. The Morgan fingerprint density at radius 3 is 2.16 bits per heavy atom. The summed E-state index contributed by atoms with van der Waals surface area (Å²) in [5.41, 5.74) is 1.08. The van der Waals surface area contributed by atoms with Gasteiger partial charge in [-0.15, -0.1) is 0 Å². The van der Waals surface area contributed by atoms with Crippen LogP contribution in [-0.2, 0) is 6.54 Å². The van der Waals surface area contributed by atoms with E-state index in [1.807, 2.05) is 56.3 Å². The van der Waals surface area contributed by atoms with Gasteiger partial charge in [0, 0.05) is 40.1 Å². The number of aromatic amines is 1. The molecule has 2 aromatic rings. The molecule has 102 valence electrons. The molecular formula is C12H19N7. The smallest absolute Gasteiger partial charge is 0.231 e. The van der Waals surface area contributed by atoms with Crippen LogP contribution in [0.25, 0.3) is 0 Å². The first-order valence-electron chi connectivity index (χ1n) is 6.03. The van der Waals surface area contributed by atoms with Crippen LogP contribution in [0.1, 0.15) is 5.69 Å². The predicted molar refractivity (Wildman–Crippen MR) is 76.6 cm³/mol. The highest BCUT2D eigenvalue weighted by molar-refractivity contribution is 5.43. The highest BCUT2D eigenvalue weighted by Crippen LogP contribution is 2.13. The van der Waals surface area contributed by atoms with Gasteiger partial charge in [-0.3, -0.25) is 0 Å². The quantitative estimate of drug-likeness (QED) is 0.834. The molecule has 0 aromatic carbocycles. The molecule has 0 fully saturated rings. The summed E-state index contributed by atoms with van der Waals surface area (Å²) >= 11 is 0. The van der Waals surface area contributed by atoms with Gasteiger partial charge in [0.25, 0.3) is 0 Å². The van der Waals surface area contributed by atoms with Crippen molar-refractivity contribution in [3.8, 4) is 0 Å². The highest BCUT2D eigenvalue weighted by Gasteiger charge is 2.09. The van der Waals surface area contributed by atoms with Crippen molar-refractivity contribution in [2.24, 2.45) is 0 Å². The maximum atomic E-state index is 4.37. The zero-order chi connectivity index (χ0) is 13.8. The molecule has 7 heteroatoms. The Morgan fingerprint density at radius 2 is 1.68 bits per heavy atom. The van der Waals surface area contributed by atoms with Gasteiger partial charge in [-0.05, 0) is 12.1 Å². The molecule has 2 aromatic heterocycles. The van der Waals surface area contributed by atoms with Crippen LogP contribution >= 0.6 is 0 Å². The summed E-state index contributed by atoms with van der Waals surface area (Å²) in [6, 6.07) is 3.97. The van der Waals surface area contributed by atoms with Crippen molar-refractivity contribution >= 4 is 17.8 Å². The van der Waals surface area contributed by atoms with E-state index in [0.717, 1.165) is 5.69 Å². The molecule has 0 saturated heterocycles. The van der Waals surface area contributed by atoms with Gasteiger partial charge < -0.3 is 20.1 Å². The number of rotatable bonds is 5. The second-order valence-corrected chi connectivity index (χ2v) is 4.60. The molecule has 0 aliphatic heterocycles. The molecular weight excluding hydrogens is 242 g/mol. The second-order valence-electron chi connectivity index (χ2n) is 4.60. The Bertz CT molecular complexity index is 493. The van der Waals surface area contributed by atoms with E-state index in [1.54, 1.807) is 0 Å². The van der Waals surface area contributed by atoms with Gasteiger partial charge in [0.1, 0.15) is 0 Å². The van der Waals surface area contributed by atoms with Crippen LogP contribution in [0.15, 0.2) is 18.3 Å². The lowest BCUT2D eigenvalue weighted by Gasteiger charge is -2.16. The highest BCUT2D eigenvalue weighted by atomic mass is 15.3. The Balaban J connectivity index is 2.18. The number of anilines is 3. The summed E-state index contributed by atoms with van der Waals surface area (Å²) < 4.78 is 0. The van der Waals surface area contributed by atoms with E-state index in [4.69, 9.17) is 0 Å². The number of aromatic nitrogens is 4. The third-order valence-corrected chi connectivity index (χ3v) is 2.51. The summed E-state index contributed by atoms with van der Waals surface area (Å²) in [6.45, 7) is 0.650. The van der Waals surface area contributed by atoms with Crippen LogP contribution in [0.5, 0.6) is 0 Å². The van der Waals surface area contributed by atoms with Crippen LogP contribution in [0.3, 0.4) is 0 Å². The van der Waals surface area contributed by atoms with Crippen LogP contribution < -0.4 is 15.1 Å². The number of hydrogen-bond acceptors (Lipinski definition) is 6. The fraction of sp³-hybridized carbons (Fsp3) is 0.417. The average molecular weight is 261 g/mol.